The summed E-state index contributed by atoms with van der Waals surface area (Å²) in [6, 6.07) is 6.35. The van der Waals surface area contributed by atoms with Crippen molar-refractivity contribution in [1.29, 1.82) is 0 Å². The first-order valence-electron chi connectivity index (χ1n) is 3.64. The third-order valence-electron chi connectivity index (χ3n) is 1.54. The highest BCUT2D eigenvalue weighted by molar-refractivity contribution is 7.91. The molecule has 1 radical (unpaired) electrons. The van der Waals surface area contributed by atoms with Crippen molar-refractivity contribution in [1.82, 2.24) is 0 Å². The molecule has 0 aliphatic rings. The Morgan fingerprint density at radius 3 is 1.57 bits per heavy atom. The summed E-state index contributed by atoms with van der Waals surface area (Å²) in [4.78, 5) is -0.221. The molecule has 1 aromatic rings. The van der Waals surface area contributed by atoms with Gasteiger partial charge in [0.2, 0.25) is 0 Å². The van der Waals surface area contributed by atoms with E-state index >= 15 is 0 Å². The fourth-order valence-electron chi connectivity index (χ4n) is 0.860. The monoisotopic (exact) mass is 233 g/mol. The predicted molar refractivity (Wildman–Crippen MR) is 51.5 cm³/mol. The van der Waals surface area contributed by atoms with E-state index in [0.29, 0.717) is 0 Å². The van der Waals surface area contributed by atoms with Crippen LogP contribution in [0.3, 0.4) is 0 Å². The molecule has 0 spiro atoms. The van der Waals surface area contributed by atoms with E-state index in [1.807, 2.05) is 0 Å². The number of rotatable bonds is 2. The van der Waals surface area contributed by atoms with Gasteiger partial charge in [-0.15, -0.1) is 0 Å². The lowest BCUT2D eigenvalue weighted by molar-refractivity contribution is 0.599. The Morgan fingerprint density at radius 1 is 0.929 bits per heavy atom. The van der Waals surface area contributed by atoms with Crippen LogP contribution >= 0.6 is 0 Å². The average Bonchev–Trinajstić information content (AvgIpc) is 2.01. The van der Waals surface area contributed by atoms with Crippen LogP contribution in [0.1, 0.15) is 0 Å². The fraction of sp³-hybridized carbons (Fsp3) is 0.250. The van der Waals surface area contributed by atoms with Crippen LogP contribution in [0.15, 0.2) is 28.0 Å². The smallest absolute Gasteiger partial charge is 0.176 e. The molecule has 1 rings (SSSR count). The Kier molecular flexibility index (Phi) is 2.69. The van der Waals surface area contributed by atoms with Crippen molar-refractivity contribution in [3.63, 3.8) is 0 Å². The van der Waals surface area contributed by atoms with Crippen molar-refractivity contribution in [2.45, 2.75) is 9.79 Å². The zero-order valence-electron chi connectivity index (χ0n) is 7.68. The first kappa shape index (κ1) is 11.2. The van der Waals surface area contributed by atoms with E-state index in [4.69, 9.17) is 0 Å². The van der Waals surface area contributed by atoms with Gasteiger partial charge in [-0.2, -0.15) is 0 Å². The van der Waals surface area contributed by atoms with E-state index in [2.05, 4.69) is 6.07 Å². The summed E-state index contributed by atoms with van der Waals surface area (Å²) in [5.41, 5.74) is 0. The van der Waals surface area contributed by atoms with Gasteiger partial charge in [0.05, 0.1) is 9.79 Å². The first-order chi connectivity index (χ1) is 6.21. The van der Waals surface area contributed by atoms with Crippen LogP contribution in [0.4, 0.5) is 0 Å². The minimum Gasteiger partial charge on any atom is -0.224 e. The molecule has 6 heteroatoms. The lowest BCUT2D eigenvalue weighted by atomic mass is 10.4. The van der Waals surface area contributed by atoms with Crippen molar-refractivity contribution in [2.75, 3.05) is 12.5 Å². The fourth-order valence-corrected chi connectivity index (χ4v) is 2.17. The highest BCUT2D eigenvalue weighted by Gasteiger charge is 2.12. The van der Waals surface area contributed by atoms with Gasteiger partial charge < -0.3 is 0 Å². The second-order valence-electron chi connectivity index (χ2n) is 2.92. The lowest BCUT2D eigenvalue weighted by Gasteiger charge is -2.00. The van der Waals surface area contributed by atoms with E-state index in [9.17, 15) is 16.8 Å². The second kappa shape index (κ2) is 3.36. The summed E-state index contributed by atoms with van der Waals surface area (Å²) in [7, 11) is -6.81. The van der Waals surface area contributed by atoms with E-state index in [1.165, 1.54) is 18.2 Å². The zero-order chi connectivity index (χ0) is 11.0. The number of sulfone groups is 2. The third kappa shape index (κ3) is 2.55. The molecule has 0 aromatic heterocycles. The van der Waals surface area contributed by atoms with E-state index < -0.39 is 19.7 Å². The maximum absolute atomic E-state index is 11.1. The largest absolute Gasteiger partial charge is 0.224 e. The minimum absolute atomic E-state index is 0.111. The summed E-state index contributed by atoms with van der Waals surface area (Å²) in [6.07, 6.45) is 2.01. The van der Waals surface area contributed by atoms with E-state index in [-0.39, 0.29) is 9.79 Å². The molecule has 0 atom stereocenters. The van der Waals surface area contributed by atoms with Crippen molar-refractivity contribution in [2.24, 2.45) is 0 Å². The summed E-state index contributed by atoms with van der Waals surface area (Å²) in [5, 5.41) is 0. The molecule has 4 nitrogen and oxygen atoms in total. The molecular formula is C8H9O4S2. The molecule has 14 heavy (non-hydrogen) atoms. The van der Waals surface area contributed by atoms with E-state index in [0.717, 1.165) is 12.5 Å². The topological polar surface area (TPSA) is 68.3 Å². The Bertz CT molecular complexity index is 493. The highest BCUT2D eigenvalue weighted by atomic mass is 32.2. The molecule has 0 N–H and O–H groups in total. The maximum Gasteiger partial charge on any atom is 0.176 e. The summed E-state index contributed by atoms with van der Waals surface area (Å²) >= 11 is 0. The highest BCUT2D eigenvalue weighted by Crippen LogP contribution is 2.14. The van der Waals surface area contributed by atoms with Crippen LogP contribution in [0, 0.1) is 6.07 Å². The molecule has 0 saturated carbocycles. The van der Waals surface area contributed by atoms with Gasteiger partial charge in [-0.1, -0.05) is 6.07 Å². The average molecular weight is 233 g/mol. The van der Waals surface area contributed by atoms with Crippen LogP contribution in [0.5, 0.6) is 0 Å². The SMILES string of the molecule is CS(=O)(=O)c1[c]c(S(C)(=O)=O)ccc1. The van der Waals surface area contributed by atoms with Gasteiger partial charge in [0.25, 0.3) is 0 Å². The van der Waals surface area contributed by atoms with Gasteiger partial charge in [0.1, 0.15) is 0 Å². The van der Waals surface area contributed by atoms with Crippen LogP contribution in [0.2, 0.25) is 0 Å². The molecule has 0 aliphatic carbocycles. The van der Waals surface area contributed by atoms with Crippen LogP contribution in [0.25, 0.3) is 0 Å². The van der Waals surface area contributed by atoms with E-state index in [1.54, 1.807) is 0 Å². The molecule has 0 fully saturated rings. The molecule has 0 saturated heterocycles. The van der Waals surface area contributed by atoms with Gasteiger partial charge in [-0.25, -0.2) is 16.8 Å². The molecule has 77 valence electrons. The third-order valence-corrected chi connectivity index (χ3v) is 3.61. The summed E-state index contributed by atoms with van der Waals surface area (Å²) in [5.74, 6) is 0. The Hall–Kier alpha value is -0.880. The van der Waals surface area contributed by atoms with Crippen molar-refractivity contribution >= 4 is 19.7 Å². The molecule has 0 heterocycles. The van der Waals surface area contributed by atoms with Gasteiger partial charge in [-0.3, -0.25) is 0 Å². The van der Waals surface area contributed by atoms with Gasteiger partial charge in [0, 0.05) is 18.6 Å². The van der Waals surface area contributed by atoms with Crippen LogP contribution < -0.4 is 0 Å². The zero-order valence-corrected chi connectivity index (χ0v) is 9.31. The first-order valence-corrected chi connectivity index (χ1v) is 7.42. The quantitative estimate of drug-likeness (QED) is 0.736. The second-order valence-corrected chi connectivity index (χ2v) is 6.89. The summed E-state index contributed by atoms with van der Waals surface area (Å²) in [6.45, 7) is 0. The lowest BCUT2D eigenvalue weighted by Crippen LogP contribution is -2.02. The van der Waals surface area contributed by atoms with Crippen LogP contribution in [-0.2, 0) is 19.7 Å². The molecule has 0 bridgehead atoms. The number of benzene rings is 1. The minimum atomic E-state index is -3.41. The Balaban J connectivity index is 3.44. The van der Waals surface area contributed by atoms with Crippen molar-refractivity contribution in [3.8, 4) is 0 Å². The summed E-state index contributed by atoms with van der Waals surface area (Å²) < 4.78 is 44.3. The van der Waals surface area contributed by atoms with Gasteiger partial charge in [-0.05, 0) is 12.1 Å². The molecular weight excluding hydrogens is 224 g/mol. The number of hydrogen-bond acceptors (Lipinski definition) is 4. The number of hydrogen-bond donors (Lipinski definition) is 0. The Labute approximate surface area is 83.4 Å². The Morgan fingerprint density at radius 2 is 1.29 bits per heavy atom. The van der Waals surface area contributed by atoms with Crippen LogP contribution in [-0.4, -0.2) is 29.3 Å². The molecule has 0 amide bonds. The molecule has 0 aliphatic heterocycles. The predicted octanol–water partition coefficient (Wildman–Crippen LogP) is 0.294. The normalized spacial score (nSPS) is 12.7. The van der Waals surface area contributed by atoms with Crippen molar-refractivity contribution < 1.29 is 16.8 Å². The van der Waals surface area contributed by atoms with Gasteiger partial charge >= 0.3 is 0 Å². The standard InChI is InChI=1S/C8H9O4S2/c1-13(9,10)7-4-3-5-8(6-7)14(2,11)12/h3-5H,1-2H3. The maximum atomic E-state index is 11.1. The molecule has 0 unspecified atom stereocenters. The molecule has 1 aromatic carbocycles. The van der Waals surface area contributed by atoms with Gasteiger partial charge in [0.15, 0.2) is 19.7 Å². The van der Waals surface area contributed by atoms with Crippen molar-refractivity contribution in [3.05, 3.63) is 24.3 Å².